The summed E-state index contributed by atoms with van der Waals surface area (Å²) < 4.78 is 7.72. The summed E-state index contributed by atoms with van der Waals surface area (Å²) in [6.45, 7) is 9.39. The van der Waals surface area contributed by atoms with Gasteiger partial charge in [0, 0.05) is 5.69 Å². The Kier molecular flexibility index (Phi) is 7.00. The van der Waals surface area contributed by atoms with Gasteiger partial charge in [0.2, 0.25) is 5.91 Å². The molecular weight excluding hydrogens is 448 g/mol. The molecule has 0 aliphatic rings. The number of hydrogen-bond acceptors (Lipinski definition) is 6. The lowest BCUT2D eigenvalue weighted by atomic mass is 10.1. The van der Waals surface area contributed by atoms with Crippen molar-refractivity contribution in [2.75, 3.05) is 11.9 Å². The number of amides is 2. The van der Waals surface area contributed by atoms with Crippen molar-refractivity contribution >= 4 is 50.1 Å². The number of anilines is 1. The highest BCUT2D eigenvalue weighted by Gasteiger charge is 2.27. The van der Waals surface area contributed by atoms with Gasteiger partial charge in [-0.1, -0.05) is 6.92 Å². The standard InChI is InChI=1S/C18H23BrN4O4S/c1-6-27-18(26)12-9(3)14(15(20)24)28-17(12)21-16(25)8(2)7-23-11(5)13(19)10(4)22-23/h8H,6-7H2,1-5H3,(H2,20,24)(H,21,25). The Morgan fingerprint density at radius 1 is 1.32 bits per heavy atom. The van der Waals surface area contributed by atoms with Crippen LogP contribution in [0, 0.1) is 26.7 Å². The lowest BCUT2D eigenvalue weighted by Gasteiger charge is -2.13. The van der Waals surface area contributed by atoms with Crippen molar-refractivity contribution in [1.29, 1.82) is 0 Å². The molecule has 2 heterocycles. The summed E-state index contributed by atoms with van der Waals surface area (Å²) in [6, 6.07) is 0. The third-order valence-corrected chi connectivity index (χ3v) is 6.64. The Labute approximate surface area is 175 Å². The monoisotopic (exact) mass is 470 g/mol. The van der Waals surface area contributed by atoms with Crippen molar-refractivity contribution in [2.45, 2.75) is 41.2 Å². The number of esters is 1. The van der Waals surface area contributed by atoms with E-state index in [9.17, 15) is 14.4 Å². The molecule has 28 heavy (non-hydrogen) atoms. The van der Waals surface area contributed by atoms with Gasteiger partial charge in [0.05, 0.1) is 39.7 Å². The van der Waals surface area contributed by atoms with E-state index in [0.717, 1.165) is 27.2 Å². The second-order valence-corrected chi connectivity index (χ2v) is 8.22. The van der Waals surface area contributed by atoms with Gasteiger partial charge in [-0.2, -0.15) is 5.10 Å². The molecule has 1 unspecified atom stereocenters. The second-order valence-electron chi connectivity index (χ2n) is 6.40. The van der Waals surface area contributed by atoms with Crippen LogP contribution in [0.4, 0.5) is 5.00 Å². The van der Waals surface area contributed by atoms with Gasteiger partial charge in [-0.3, -0.25) is 14.3 Å². The number of nitrogens with one attached hydrogen (secondary N) is 1. The van der Waals surface area contributed by atoms with E-state index in [4.69, 9.17) is 10.5 Å². The number of aromatic nitrogens is 2. The number of nitrogens with zero attached hydrogens (tertiary/aromatic N) is 2. The fraction of sp³-hybridized carbons (Fsp3) is 0.444. The van der Waals surface area contributed by atoms with E-state index in [1.165, 1.54) is 0 Å². The number of hydrogen-bond donors (Lipinski definition) is 2. The first-order valence-electron chi connectivity index (χ1n) is 8.69. The van der Waals surface area contributed by atoms with Crippen LogP contribution in [-0.2, 0) is 16.1 Å². The summed E-state index contributed by atoms with van der Waals surface area (Å²) >= 11 is 4.44. The largest absolute Gasteiger partial charge is 0.462 e. The molecule has 0 aliphatic heterocycles. The highest BCUT2D eigenvalue weighted by molar-refractivity contribution is 9.10. The van der Waals surface area contributed by atoms with Crippen LogP contribution in [0.25, 0.3) is 0 Å². The van der Waals surface area contributed by atoms with Gasteiger partial charge >= 0.3 is 5.97 Å². The quantitative estimate of drug-likeness (QED) is 0.602. The van der Waals surface area contributed by atoms with Crippen LogP contribution in [0.1, 0.15) is 50.8 Å². The maximum absolute atomic E-state index is 12.7. The van der Waals surface area contributed by atoms with Gasteiger partial charge < -0.3 is 15.8 Å². The van der Waals surface area contributed by atoms with Crippen molar-refractivity contribution in [3.63, 3.8) is 0 Å². The van der Waals surface area contributed by atoms with E-state index in [1.54, 1.807) is 25.5 Å². The Morgan fingerprint density at radius 3 is 2.46 bits per heavy atom. The third kappa shape index (κ3) is 4.44. The molecule has 0 aromatic carbocycles. The zero-order valence-electron chi connectivity index (χ0n) is 16.4. The number of halogens is 1. The highest BCUT2D eigenvalue weighted by atomic mass is 79.9. The normalized spacial score (nSPS) is 11.9. The molecule has 2 amide bonds. The molecule has 2 aromatic rings. The minimum Gasteiger partial charge on any atom is -0.462 e. The van der Waals surface area contributed by atoms with Crippen LogP contribution in [-0.4, -0.2) is 34.2 Å². The number of rotatable bonds is 7. The van der Waals surface area contributed by atoms with E-state index >= 15 is 0 Å². The minimum atomic E-state index is -0.658. The molecule has 0 spiro atoms. The van der Waals surface area contributed by atoms with Crippen molar-refractivity contribution in [1.82, 2.24) is 9.78 Å². The number of nitrogens with two attached hydrogens (primary N) is 1. The average molecular weight is 471 g/mol. The summed E-state index contributed by atoms with van der Waals surface area (Å²) in [5, 5.41) is 7.41. The summed E-state index contributed by atoms with van der Waals surface area (Å²) in [5.41, 5.74) is 7.72. The van der Waals surface area contributed by atoms with Crippen molar-refractivity contribution in [3.05, 3.63) is 31.9 Å². The molecule has 3 N–H and O–H groups in total. The number of carbonyl (C=O) groups excluding carboxylic acids is 3. The van der Waals surface area contributed by atoms with Gasteiger partial charge in [0.1, 0.15) is 5.00 Å². The molecule has 1 atom stereocenters. The van der Waals surface area contributed by atoms with Gasteiger partial charge in [-0.25, -0.2) is 4.79 Å². The maximum Gasteiger partial charge on any atom is 0.341 e. The summed E-state index contributed by atoms with van der Waals surface area (Å²) in [7, 11) is 0. The molecule has 0 saturated heterocycles. The molecular formula is C18H23BrN4O4S. The van der Waals surface area contributed by atoms with Crippen LogP contribution in [0.3, 0.4) is 0 Å². The smallest absolute Gasteiger partial charge is 0.341 e. The molecule has 2 aromatic heterocycles. The molecule has 0 saturated carbocycles. The molecule has 152 valence electrons. The number of primary amides is 1. The minimum absolute atomic E-state index is 0.162. The van der Waals surface area contributed by atoms with Gasteiger partial charge in [-0.15, -0.1) is 11.3 Å². The lowest BCUT2D eigenvalue weighted by molar-refractivity contribution is -0.119. The first kappa shape index (κ1) is 22.1. The third-order valence-electron chi connectivity index (χ3n) is 4.27. The topological polar surface area (TPSA) is 116 Å². The van der Waals surface area contributed by atoms with Gasteiger partial charge in [-0.05, 0) is 49.2 Å². The average Bonchev–Trinajstić information content (AvgIpc) is 3.06. The first-order valence-corrected chi connectivity index (χ1v) is 10.3. The molecule has 8 nitrogen and oxygen atoms in total. The first-order chi connectivity index (χ1) is 13.1. The molecule has 10 heteroatoms. The fourth-order valence-electron chi connectivity index (χ4n) is 2.72. The predicted molar refractivity (Wildman–Crippen MR) is 111 cm³/mol. The number of ether oxygens (including phenoxy) is 1. The Bertz CT molecular complexity index is 935. The maximum atomic E-state index is 12.7. The zero-order valence-corrected chi connectivity index (χ0v) is 18.8. The SMILES string of the molecule is CCOC(=O)c1c(NC(=O)C(C)Cn2nc(C)c(Br)c2C)sc(C(N)=O)c1C. The van der Waals surface area contributed by atoms with Crippen LogP contribution < -0.4 is 11.1 Å². The van der Waals surface area contributed by atoms with E-state index in [0.29, 0.717) is 12.1 Å². The summed E-state index contributed by atoms with van der Waals surface area (Å²) in [4.78, 5) is 36.9. The molecule has 2 rings (SSSR count). The van der Waals surface area contributed by atoms with Gasteiger partial charge in [0.25, 0.3) is 5.91 Å². The number of thiophene rings is 1. The van der Waals surface area contributed by atoms with E-state index < -0.39 is 17.8 Å². The molecule has 0 bridgehead atoms. The van der Waals surface area contributed by atoms with Gasteiger partial charge in [0.15, 0.2) is 0 Å². The Morgan fingerprint density at radius 2 is 1.96 bits per heavy atom. The van der Waals surface area contributed by atoms with Crippen molar-refractivity contribution in [2.24, 2.45) is 11.7 Å². The lowest BCUT2D eigenvalue weighted by Crippen LogP contribution is -2.25. The van der Waals surface area contributed by atoms with Crippen LogP contribution in [0.2, 0.25) is 0 Å². The van der Waals surface area contributed by atoms with Crippen molar-refractivity contribution in [3.8, 4) is 0 Å². The van der Waals surface area contributed by atoms with E-state index in [-0.39, 0.29) is 28.0 Å². The summed E-state index contributed by atoms with van der Waals surface area (Å²) in [6.07, 6.45) is 0. The highest BCUT2D eigenvalue weighted by Crippen LogP contribution is 2.34. The van der Waals surface area contributed by atoms with Crippen LogP contribution >= 0.6 is 27.3 Å². The zero-order chi connectivity index (χ0) is 21.2. The summed E-state index contributed by atoms with van der Waals surface area (Å²) in [5.74, 6) is -1.99. The van der Waals surface area contributed by atoms with Crippen LogP contribution in [0.15, 0.2) is 4.47 Å². The van der Waals surface area contributed by atoms with E-state index in [2.05, 4.69) is 26.3 Å². The fourth-order valence-corrected chi connectivity index (χ4v) is 4.05. The Hall–Kier alpha value is -2.20. The van der Waals surface area contributed by atoms with Crippen LogP contribution in [0.5, 0.6) is 0 Å². The molecule has 0 aliphatic carbocycles. The molecule has 0 radical (unpaired) electrons. The number of carbonyl (C=O) groups is 3. The Balaban J connectivity index is 2.26. The van der Waals surface area contributed by atoms with E-state index in [1.807, 2.05) is 13.8 Å². The van der Waals surface area contributed by atoms with Crippen molar-refractivity contribution < 1.29 is 19.1 Å². The molecule has 0 fully saturated rings. The number of aryl methyl sites for hydroxylation is 1. The predicted octanol–water partition coefficient (Wildman–Crippen LogP) is 3.18. The second kappa shape index (κ2) is 8.87.